The van der Waals surface area contributed by atoms with Gasteiger partial charge in [0.2, 0.25) is 0 Å². The fourth-order valence-corrected chi connectivity index (χ4v) is 0.266. The Morgan fingerprint density at radius 2 is 2.17 bits per heavy atom. The van der Waals surface area contributed by atoms with Crippen molar-refractivity contribution in [1.82, 2.24) is 0 Å². The summed E-state index contributed by atoms with van der Waals surface area (Å²) in [6, 6.07) is 0. The molecule has 0 aliphatic rings. The molecule has 0 fully saturated rings. The quantitative estimate of drug-likeness (QED) is 0.412. The van der Waals surface area contributed by atoms with Crippen molar-refractivity contribution in [2.45, 2.75) is 13.3 Å². The molecule has 0 aliphatic heterocycles. The van der Waals surface area contributed by atoms with Crippen LogP contribution >= 0.6 is 0 Å². The molecule has 0 aromatic carbocycles. The Balaban J connectivity index is 0. The van der Waals surface area contributed by atoms with Crippen LogP contribution in [0.2, 0.25) is 0 Å². The molecular formula is C3H7ClNiO. The molecule has 3 heteroatoms. The Labute approximate surface area is 52.5 Å². The minimum atomic E-state index is 0. The van der Waals surface area contributed by atoms with Crippen LogP contribution in [0.1, 0.15) is 13.3 Å². The van der Waals surface area contributed by atoms with Crippen molar-refractivity contribution in [3.63, 3.8) is 0 Å². The van der Waals surface area contributed by atoms with Crippen LogP contribution in [0.25, 0.3) is 0 Å². The van der Waals surface area contributed by atoms with Crippen molar-refractivity contribution in [3.8, 4) is 0 Å². The molecule has 1 nitrogen and oxygen atoms in total. The summed E-state index contributed by atoms with van der Waals surface area (Å²) in [6.45, 7) is 2.75. The maximum Gasteiger partial charge on any atom is -1.00 e. The third-order valence-electron chi connectivity index (χ3n) is 0.269. The van der Waals surface area contributed by atoms with E-state index < -0.39 is 0 Å². The zero-order chi connectivity index (χ0) is 4.12. The van der Waals surface area contributed by atoms with Crippen LogP contribution in [0.3, 0.4) is 0 Å². The minimum Gasteiger partial charge on any atom is -1.00 e. The first-order valence-electron chi connectivity index (χ1n) is 1.62. The topological polar surface area (TPSA) is 9.23 Å². The van der Waals surface area contributed by atoms with E-state index in [2.05, 4.69) is 19.7 Å². The Morgan fingerprint density at radius 1 is 1.67 bits per heavy atom. The molecule has 0 spiro atoms. The van der Waals surface area contributed by atoms with E-state index >= 15 is 0 Å². The smallest absolute Gasteiger partial charge is 1.00 e. The standard InChI is InChI=1S/C3H7O.ClH.Ni/c1-2-3-4;;/h2-3H2,1H3;1H;/q-1;;+2/p-1. The van der Waals surface area contributed by atoms with Gasteiger partial charge in [-0.1, -0.05) is 0 Å². The second-order valence-corrected chi connectivity index (χ2v) is 1.08. The predicted octanol–water partition coefficient (Wildman–Crippen LogP) is -2.12. The molecule has 0 amide bonds. The largest absolute Gasteiger partial charge is 1.00 e. The van der Waals surface area contributed by atoms with Gasteiger partial charge in [0.1, 0.15) is 0 Å². The molecule has 0 aliphatic carbocycles. The molecule has 0 aromatic heterocycles. The summed E-state index contributed by atoms with van der Waals surface area (Å²) in [6.07, 6.45) is 1.03. The summed E-state index contributed by atoms with van der Waals surface area (Å²) in [5.74, 6) is 0. The second kappa shape index (κ2) is 9.22. The Bertz CT molecular complexity index is 18.3. The van der Waals surface area contributed by atoms with Gasteiger partial charge >= 0.3 is 39.6 Å². The summed E-state index contributed by atoms with van der Waals surface area (Å²) < 4.78 is 4.32. The van der Waals surface area contributed by atoms with Gasteiger partial charge in [0.15, 0.2) is 0 Å². The molecule has 0 heterocycles. The van der Waals surface area contributed by atoms with Crippen LogP contribution in [0.5, 0.6) is 0 Å². The van der Waals surface area contributed by atoms with Crippen molar-refractivity contribution in [2.24, 2.45) is 0 Å². The van der Waals surface area contributed by atoms with Gasteiger partial charge in [0.25, 0.3) is 0 Å². The van der Waals surface area contributed by atoms with Crippen molar-refractivity contribution in [2.75, 3.05) is 6.61 Å². The number of hydrogen-bond donors (Lipinski definition) is 0. The summed E-state index contributed by atoms with van der Waals surface area (Å²) in [5, 5.41) is 0. The summed E-state index contributed by atoms with van der Waals surface area (Å²) in [7, 11) is 0. The van der Waals surface area contributed by atoms with Gasteiger partial charge in [-0.3, -0.25) is 0 Å². The van der Waals surface area contributed by atoms with Crippen LogP contribution in [-0.4, -0.2) is 6.61 Å². The molecule has 0 saturated heterocycles. The van der Waals surface area contributed by atoms with Crippen molar-refractivity contribution >= 4 is 0 Å². The van der Waals surface area contributed by atoms with Crippen LogP contribution in [0.15, 0.2) is 0 Å². The molecular weight excluding hydrogens is 146 g/mol. The minimum absolute atomic E-state index is 0. The van der Waals surface area contributed by atoms with E-state index in [1.807, 2.05) is 6.92 Å². The van der Waals surface area contributed by atoms with Gasteiger partial charge in [-0.05, 0) is 0 Å². The van der Waals surface area contributed by atoms with Crippen molar-refractivity contribution in [1.29, 1.82) is 0 Å². The molecule has 0 unspecified atom stereocenters. The van der Waals surface area contributed by atoms with E-state index in [0.29, 0.717) is 0 Å². The van der Waals surface area contributed by atoms with Crippen LogP contribution in [0.4, 0.5) is 0 Å². The first-order chi connectivity index (χ1) is 2.41. The molecule has 6 heavy (non-hydrogen) atoms. The normalized spacial score (nSPS) is 7.17. The van der Waals surface area contributed by atoms with Crippen LogP contribution in [0, 0.1) is 0 Å². The summed E-state index contributed by atoms with van der Waals surface area (Å²) >= 11 is 3.91. The van der Waals surface area contributed by atoms with E-state index in [4.69, 9.17) is 0 Å². The molecule has 0 rings (SSSR count). The fraction of sp³-hybridized carbons (Fsp3) is 1.00. The summed E-state index contributed by atoms with van der Waals surface area (Å²) in [5.41, 5.74) is 0. The number of halogens is 1. The monoisotopic (exact) mass is 152 g/mol. The first kappa shape index (κ1) is 9.89. The van der Waals surface area contributed by atoms with Gasteiger partial charge in [-0.2, -0.15) is 0 Å². The fourth-order valence-electron chi connectivity index (χ4n) is 0.0645. The van der Waals surface area contributed by atoms with Crippen molar-refractivity contribution in [3.05, 3.63) is 0 Å². The van der Waals surface area contributed by atoms with Gasteiger partial charge in [-0.15, -0.1) is 0 Å². The van der Waals surface area contributed by atoms with Gasteiger partial charge < -0.3 is 12.4 Å². The Morgan fingerprint density at radius 3 is 2.17 bits per heavy atom. The average molecular weight is 153 g/mol. The second-order valence-electron chi connectivity index (χ2n) is 0.795. The zero-order valence-corrected chi connectivity index (χ0v) is 5.26. The number of rotatable bonds is 2. The SMILES string of the molecule is CCC[O][Ni+].[Cl-]. The third kappa shape index (κ3) is 8.83. The zero-order valence-electron chi connectivity index (χ0n) is 3.52. The molecule has 0 bridgehead atoms. The summed E-state index contributed by atoms with van der Waals surface area (Å²) in [4.78, 5) is 0. The number of hydrogen-bond acceptors (Lipinski definition) is 1. The molecule has 42 valence electrons. The van der Waals surface area contributed by atoms with Gasteiger partial charge in [0.05, 0.1) is 0 Å². The maximum atomic E-state index is 4.32. The third-order valence-corrected chi connectivity index (χ3v) is 0.470. The average Bonchev–Trinajstić information content (AvgIpc) is 1.41. The van der Waals surface area contributed by atoms with Gasteiger partial charge in [-0.25, -0.2) is 0 Å². The molecule has 0 aromatic rings. The molecule has 0 atom stereocenters. The maximum absolute atomic E-state index is 4.32. The molecule has 0 radical (unpaired) electrons. The Kier molecular flexibility index (Phi) is 15.2. The van der Waals surface area contributed by atoms with E-state index in [1.165, 1.54) is 0 Å². The van der Waals surface area contributed by atoms with E-state index in [-0.39, 0.29) is 12.4 Å². The van der Waals surface area contributed by atoms with Crippen LogP contribution in [-0.2, 0) is 19.7 Å². The van der Waals surface area contributed by atoms with Crippen molar-refractivity contribution < 1.29 is 32.1 Å². The first-order valence-corrected chi connectivity index (χ1v) is 2.03. The molecule has 0 N–H and O–H groups in total. The predicted molar refractivity (Wildman–Crippen MR) is 16.2 cm³/mol. The molecule has 0 saturated carbocycles. The van der Waals surface area contributed by atoms with E-state index in [1.54, 1.807) is 0 Å². The van der Waals surface area contributed by atoms with Crippen LogP contribution < -0.4 is 12.4 Å². The van der Waals surface area contributed by atoms with E-state index in [0.717, 1.165) is 13.0 Å². The Hall–Kier alpha value is 0.744. The van der Waals surface area contributed by atoms with E-state index in [9.17, 15) is 0 Å². The van der Waals surface area contributed by atoms with Gasteiger partial charge in [0, 0.05) is 0 Å².